The number of amides is 1. The van der Waals surface area contributed by atoms with Gasteiger partial charge in [0.1, 0.15) is 5.75 Å². The maximum Gasteiger partial charge on any atom is 0.460 e. The lowest BCUT2D eigenvalue weighted by molar-refractivity contribution is -0.401. The molecule has 2 aromatic carbocycles. The van der Waals surface area contributed by atoms with Crippen LogP contribution in [-0.2, 0) is 4.79 Å². The fourth-order valence-electron chi connectivity index (χ4n) is 3.23. The highest BCUT2D eigenvalue weighted by atomic mass is 35.5. The Morgan fingerprint density at radius 3 is 2.23 bits per heavy atom. The van der Waals surface area contributed by atoms with Crippen molar-refractivity contribution in [2.45, 2.75) is 43.2 Å². The summed E-state index contributed by atoms with van der Waals surface area (Å²) in [6.45, 7) is 0.976. The van der Waals surface area contributed by atoms with E-state index in [0.717, 1.165) is 6.92 Å². The number of nitrogens with zero attached hydrogens (tertiary/aromatic N) is 2. The van der Waals surface area contributed by atoms with Gasteiger partial charge in [-0.3, -0.25) is 4.79 Å². The summed E-state index contributed by atoms with van der Waals surface area (Å²) in [4.78, 5) is 12.9. The highest BCUT2D eigenvalue weighted by Gasteiger charge is 2.82. The largest absolute Gasteiger partial charge is 0.479 e. The van der Waals surface area contributed by atoms with Gasteiger partial charge in [0.2, 0.25) is 5.72 Å². The van der Waals surface area contributed by atoms with Gasteiger partial charge in [0.15, 0.2) is 6.10 Å². The molecule has 35 heavy (non-hydrogen) atoms. The van der Waals surface area contributed by atoms with E-state index >= 15 is 0 Å². The van der Waals surface area contributed by atoms with Crippen LogP contribution in [0.15, 0.2) is 53.6 Å². The molecule has 0 unspecified atom stereocenters. The second-order valence-corrected chi connectivity index (χ2v) is 8.38. The van der Waals surface area contributed by atoms with Gasteiger partial charge < -0.3 is 9.84 Å². The molecule has 0 radical (unpaired) electrons. The number of rotatable bonds is 6. The Morgan fingerprint density at radius 1 is 1.09 bits per heavy atom. The quantitative estimate of drug-likeness (QED) is 0.457. The SMILES string of the molecule is C[C@@H](Oc1ccc(Cl)cc1Cl)C(=O)N1N=C(c2ccccc2)C[C@]1(O)C(F)(F)C(F)(F)C(F)(F)F. The Hall–Kier alpha value is -2.57. The van der Waals surface area contributed by atoms with Crippen molar-refractivity contribution in [3.05, 3.63) is 64.1 Å². The van der Waals surface area contributed by atoms with Gasteiger partial charge in [0.05, 0.1) is 10.7 Å². The third-order valence-corrected chi connectivity index (χ3v) is 5.63. The molecule has 2 aromatic rings. The Bertz CT molecular complexity index is 1150. The second-order valence-electron chi connectivity index (χ2n) is 7.54. The van der Waals surface area contributed by atoms with Gasteiger partial charge in [-0.25, -0.2) is 0 Å². The molecule has 3 rings (SSSR count). The van der Waals surface area contributed by atoms with E-state index in [9.17, 15) is 40.6 Å². The van der Waals surface area contributed by atoms with E-state index in [4.69, 9.17) is 27.9 Å². The van der Waals surface area contributed by atoms with E-state index in [1.807, 2.05) is 0 Å². The van der Waals surface area contributed by atoms with E-state index in [1.165, 1.54) is 48.5 Å². The first-order valence-corrected chi connectivity index (χ1v) is 10.4. The van der Waals surface area contributed by atoms with E-state index in [-0.39, 0.29) is 21.4 Å². The van der Waals surface area contributed by atoms with Crippen molar-refractivity contribution in [3.8, 4) is 5.75 Å². The zero-order valence-corrected chi connectivity index (χ0v) is 19.0. The molecule has 1 heterocycles. The van der Waals surface area contributed by atoms with Gasteiger partial charge in [-0.05, 0) is 30.7 Å². The van der Waals surface area contributed by atoms with Gasteiger partial charge in [0, 0.05) is 11.4 Å². The van der Waals surface area contributed by atoms with Crippen molar-refractivity contribution in [3.63, 3.8) is 0 Å². The summed E-state index contributed by atoms with van der Waals surface area (Å²) in [6, 6.07) is 10.6. The first-order valence-electron chi connectivity index (χ1n) is 9.66. The fourth-order valence-corrected chi connectivity index (χ4v) is 3.68. The summed E-state index contributed by atoms with van der Waals surface area (Å²) >= 11 is 11.7. The van der Waals surface area contributed by atoms with Gasteiger partial charge in [-0.1, -0.05) is 53.5 Å². The van der Waals surface area contributed by atoms with Crippen LogP contribution >= 0.6 is 23.2 Å². The molecule has 1 aliphatic heterocycles. The highest BCUT2D eigenvalue weighted by Crippen LogP contribution is 2.54. The van der Waals surface area contributed by atoms with Crippen LogP contribution in [0.3, 0.4) is 0 Å². The van der Waals surface area contributed by atoms with Crippen LogP contribution in [0, 0.1) is 0 Å². The molecule has 190 valence electrons. The maximum absolute atomic E-state index is 14.8. The number of hydrazone groups is 1. The van der Waals surface area contributed by atoms with Crippen LogP contribution in [0.1, 0.15) is 18.9 Å². The number of alkyl halides is 7. The topological polar surface area (TPSA) is 62.1 Å². The minimum absolute atomic E-state index is 0.00154. The third kappa shape index (κ3) is 4.66. The van der Waals surface area contributed by atoms with E-state index in [0.29, 0.717) is 0 Å². The number of carbonyl (C=O) groups excluding carboxylic acids is 1. The van der Waals surface area contributed by atoms with Crippen molar-refractivity contribution in [1.82, 2.24) is 5.01 Å². The van der Waals surface area contributed by atoms with Gasteiger partial charge in [-0.15, -0.1) is 0 Å². The maximum atomic E-state index is 14.8. The summed E-state index contributed by atoms with van der Waals surface area (Å²) in [5.41, 5.74) is -4.92. The van der Waals surface area contributed by atoms with Crippen molar-refractivity contribution >= 4 is 34.8 Å². The van der Waals surface area contributed by atoms with Crippen molar-refractivity contribution in [1.29, 1.82) is 0 Å². The predicted molar refractivity (Wildman–Crippen MR) is 112 cm³/mol. The lowest BCUT2D eigenvalue weighted by Crippen LogP contribution is -2.69. The van der Waals surface area contributed by atoms with Gasteiger partial charge in [-0.2, -0.15) is 40.8 Å². The average Bonchev–Trinajstić information content (AvgIpc) is 3.14. The number of hydrogen-bond donors (Lipinski definition) is 1. The first kappa shape index (κ1) is 27.0. The average molecular weight is 547 g/mol. The Labute approximate surface area is 203 Å². The van der Waals surface area contributed by atoms with Crippen LogP contribution in [-0.4, -0.2) is 51.6 Å². The molecular weight excluding hydrogens is 532 g/mol. The van der Waals surface area contributed by atoms with Crippen molar-refractivity contribution < 1.29 is 45.4 Å². The zero-order chi connectivity index (χ0) is 26.4. The summed E-state index contributed by atoms with van der Waals surface area (Å²) in [5.74, 6) is -14.8. The molecule has 0 aliphatic carbocycles. The minimum atomic E-state index is -6.75. The molecule has 0 saturated heterocycles. The van der Waals surface area contributed by atoms with Crippen molar-refractivity contribution in [2.24, 2.45) is 5.10 Å². The van der Waals surface area contributed by atoms with E-state index in [1.54, 1.807) is 0 Å². The standard InChI is InChI=1S/C21H15Cl2F7N2O3/c1-11(35-16-8-7-13(22)9-14(16)23)17(33)32-18(34,19(24,25)20(26,27)21(28,29)30)10-15(31-32)12-5-3-2-4-6-12/h2-9,11,34H,10H2,1H3/t11-,18+/m1/s1. The highest BCUT2D eigenvalue weighted by molar-refractivity contribution is 6.35. The summed E-state index contributed by atoms with van der Waals surface area (Å²) in [6.07, 6.45) is -10.1. The molecule has 1 aliphatic rings. The molecular formula is C21H15Cl2F7N2O3. The van der Waals surface area contributed by atoms with Crippen LogP contribution in [0.5, 0.6) is 5.75 Å². The second kappa shape index (κ2) is 9.14. The fraction of sp³-hybridized carbons (Fsp3) is 0.333. The monoisotopic (exact) mass is 546 g/mol. The molecule has 0 aromatic heterocycles. The first-order chi connectivity index (χ1) is 16.0. The normalized spacial score (nSPS) is 20.0. The van der Waals surface area contributed by atoms with Crippen LogP contribution < -0.4 is 4.74 Å². The molecule has 0 bridgehead atoms. The Kier molecular flexibility index (Phi) is 7.06. The molecule has 1 N–H and O–H groups in total. The van der Waals surface area contributed by atoms with E-state index < -0.39 is 52.9 Å². The van der Waals surface area contributed by atoms with Crippen LogP contribution in [0.25, 0.3) is 0 Å². The summed E-state index contributed by atoms with van der Waals surface area (Å²) in [5, 5.41) is 13.7. The summed E-state index contributed by atoms with van der Waals surface area (Å²) in [7, 11) is 0. The van der Waals surface area contributed by atoms with Crippen molar-refractivity contribution in [2.75, 3.05) is 0 Å². The van der Waals surface area contributed by atoms with Crippen LogP contribution in [0.2, 0.25) is 10.0 Å². The minimum Gasteiger partial charge on any atom is -0.479 e. The number of benzene rings is 2. The van der Waals surface area contributed by atoms with Gasteiger partial charge >= 0.3 is 18.0 Å². The predicted octanol–water partition coefficient (Wildman–Crippen LogP) is 5.92. The zero-order valence-electron chi connectivity index (χ0n) is 17.5. The number of aliphatic hydroxyl groups is 1. The number of hydrogen-bond acceptors (Lipinski definition) is 4. The number of ether oxygens (including phenoxy) is 1. The Morgan fingerprint density at radius 2 is 1.69 bits per heavy atom. The Balaban J connectivity index is 2.05. The lowest BCUT2D eigenvalue weighted by atomic mass is 9.91. The number of halogens is 9. The lowest BCUT2D eigenvalue weighted by Gasteiger charge is -2.41. The molecule has 0 spiro atoms. The van der Waals surface area contributed by atoms with Crippen LogP contribution in [0.4, 0.5) is 30.7 Å². The molecule has 5 nitrogen and oxygen atoms in total. The van der Waals surface area contributed by atoms with E-state index in [2.05, 4.69) is 5.10 Å². The third-order valence-electron chi connectivity index (χ3n) is 5.10. The smallest absolute Gasteiger partial charge is 0.460 e. The number of carbonyl (C=O) groups is 1. The molecule has 14 heteroatoms. The molecule has 1 amide bonds. The summed E-state index contributed by atoms with van der Waals surface area (Å²) < 4.78 is 101. The van der Waals surface area contributed by atoms with Gasteiger partial charge in [0.25, 0.3) is 5.91 Å². The molecule has 2 atom stereocenters. The molecule has 0 fully saturated rings. The molecule has 0 saturated carbocycles.